The molecule has 1 aromatic rings. The lowest BCUT2D eigenvalue weighted by atomic mass is 9.95. The second-order valence-corrected chi connectivity index (χ2v) is 7.99. The predicted molar refractivity (Wildman–Crippen MR) is 101 cm³/mol. The van der Waals surface area contributed by atoms with Crippen LogP contribution in [0, 0.1) is 26.7 Å². The summed E-state index contributed by atoms with van der Waals surface area (Å²) in [6, 6.07) is 5.79. The van der Waals surface area contributed by atoms with Gasteiger partial charge < -0.3 is 15.0 Å². The fraction of sp³-hybridized carbons (Fsp3) is 0.714. The Morgan fingerprint density at radius 2 is 1.79 bits per heavy atom. The van der Waals surface area contributed by atoms with Gasteiger partial charge in [-0.2, -0.15) is 0 Å². The van der Waals surface area contributed by atoms with E-state index in [2.05, 4.69) is 50.0 Å². The molecule has 24 heavy (non-hydrogen) atoms. The van der Waals surface area contributed by atoms with Crippen LogP contribution in [0.5, 0.6) is 0 Å². The quantitative estimate of drug-likeness (QED) is 0.889. The highest BCUT2D eigenvalue weighted by atomic mass is 16.5. The molecule has 3 nitrogen and oxygen atoms in total. The Morgan fingerprint density at radius 3 is 2.46 bits per heavy atom. The highest BCUT2D eigenvalue weighted by molar-refractivity contribution is 5.38. The van der Waals surface area contributed by atoms with Crippen LogP contribution in [0.1, 0.15) is 54.5 Å². The SMILES string of the molecule is Cc1cc(C)c([C@@H](C)NC2CCN(C[C@H]3CCOC3)CC2)cc1C. The smallest absolute Gasteiger partial charge is 0.0507 e. The Kier molecular flexibility index (Phi) is 5.96. The molecule has 3 rings (SSSR count). The number of nitrogens with one attached hydrogen (secondary N) is 1. The Morgan fingerprint density at radius 1 is 1.08 bits per heavy atom. The van der Waals surface area contributed by atoms with E-state index in [4.69, 9.17) is 4.74 Å². The minimum Gasteiger partial charge on any atom is -0.381 e. The van der Waals surface area contributed by atoms with Crippen molar-refractivity contribution >= 4 is 0 Å². The van der Waals surface area contributed by atoms with Gasteiger partial charge in [0.05, 0.1) is 6.61 Å². The molecule has 1 N–H and O–H groups in total. The lowest BCUT2D eigenvalue weighted by Gasteiger charge is -2.35. The van der Waals surface area contributed by atoms with E-state index >= 15 is 0 Å². The summed E-state index contributed by atoms with van der Waals surface area (Å²) in [5, 5.41) is 3.89. The normalized spacial score (nSPS) is 24.4. The molecule has 0 spiro atoms. The summed E-state index contributed by atoms with van der Waals surface area (Å²) in [5.74, 6) is 0.770. The molecule has 1 aromatic carbocycles. The van der Waals surface area contributed by atoms with E-state index in [0.717, 1.165) is 19.1 Å². The monoisotopic (exact) mass is 330 g/mol. The van der Waals surface area contributed by atoms with Gasteiger partial charge in [0, 0.05) is 25.2 Å². The number of aryl methyl sites for hydroxylation is 3. The van der Waals surface area contributed by atoms with E-state index in [1.165, 1.54) is 61.2 Å². The van der Waals surface area contributed by atoms with Crippen molar-refractivity contribution in [1.82, 2.24) is 10.2 Å². The number of piperidine rings is 1. The molecule has 0 saturated carbocycles. The highest BCUT2D eigenvalue weighted by Gasteiger charge is 2.24. The molecule has 2 saturated heterocycles. The zero-order valence-corrected chi connectivity index (χ0v) is 15.9. The van der Waals surface area contributed by atoms with Gasteiger partial charge in [-0.05, 0) is 88.2 Å². The van der Waals surface area contributed by atoms with Gasteiger partial charge >= 0.3 is 0 Å². The summed E-state index contributed by atoms with van der Waals surface area (Å²) >= 11 is 0. The van der Waals surface area contributed by atoms with Gasteiger partial charge in [0.15, 0.2) is 0 Å². The number of hydrogen-bond donors (Lipinski definition) is 1. The molecule has 2 fully saturated rings. The van der Waals surface area contributed by atoms with Crippen molar-refractivity contribution in [2.45, 2.75) is 59.0 Å². The summed E-state index contributed by atoms with van der Waals surface area (Å²) in [5.41, 5.74) is 5.67. The van der Waals surface area contributed by atoms with Gasteiger partial charge in [-0.3, -0.25) is 0 Å². The summed E-state index contributed by atoms with van der Waals surface area (Å²) < 4.78 is 5.51. The molecule has 0 bridgehead atoms. The van der Waals surface area contributed by atoms with Gasteiger partial charge in [0.25, 0.3) is 0 Å². The molecule has 2 aliphatic heterocycles. The van der Waals surface area contributed by atoms with Crippen molar-refractivity contribution in [3.05, 3.63) is 34.4 Å². The number of likely N-dealkylation sites (tertiary alicyclic amines) is 1. The molecular weight excluding hydrogens is 296 g/mol. The van der Waals surface area contributed by atoms with E-state index in [9.17, 15) is 0 Å². The van der Waals surface area contributed by atoms with Crippen LogP contribution in [0.2, 0.25) is 0 Å². The topological polar surface area (TPSA) is 24.5 Å². The average molecular weight is 331 g/mol. The summed E-state index contributed by atoms with van der Waals surface area (Å²) in [7, 11) is 0. The Hall–Kier alpha value is -0.900. The first-order chi connectivity index (χ1) is 11.5. The molecule has 2 aliphatic rings. The van der Waals surface area contributed by atoms with E-state index in [-0.39, 0.29) is 0 Å². The Labute approximate surface area is 147 Å². The second kappa shape index (κ2) is 7.99. The van der Waals surface area contributed by atoms with Gasteiger partial charge in [-0.25, -0.2) is 0 Å². The molecule has 2 atom stereocenters. The first-order valence-electron chi connectivity index (χ1n) is 9.67. The van der Waals surface area contributed by atoms with Crippen LogP contribution < -0.4 is 5.32 Å². The van der Waals surface area contributed by atoms with Crippen molar-refractivity contribution in [1.29, 1.82) is 0 Å². The molecule has 3 heteroatoms. The minimum atomic E-state index is 0.434. The van der Waals surface area contributed by atoms with Crippen molar-refractivity contribution in [3.63, 3.8) is 0 Å². The maximum Gasteiger partial charge on any atom is 0.0507 e. The molecular formula is C21H34N2O. The highest BCUT2D eigenvalue weighted by Crippen LogP contribution is 2.24. The lowest BCUT2D eigenvalue weighted by molar-refractivity contribution is 0.145. The van der Waals surface area contributed by atoms with Crippen LogP contribution in [-0.2, 0) is 4.74 Å². The van der Waals surface area contributed by atoms with Gasteiger partial charge in [0.2, 0.25) is 0 Å². The third kappa shape index (κ3) is 4.38. The minimum absolute atomic E-state index is 0.434. The molecule has 0 amide bonds. The molecule has 2 heterocycles. The third-order valence-electron chi connectivity index (χ3n) is 5.96. The van der Waals surface area contributed by atoms with Gasteiger partial charge in [-0.15, -0.1) is 0 Å². The van der Waals surface area contributed by atoms with E-state index in [1.54, 1.807) is 0 Å². The summed E-state index contributed by atoms with van der Waals surface area (Å²) in [6.07, 6.45) is 3.78. The maximum absolute atomic E-state index is 5.51. The number of benzene rings is 1. The lowest BCUT2D eigenvalue weighted by Crippen LogP contribution is -2.44. The number of hydrogen-bond acceptors (Lipinski definition) is 3. The Balaban J connectivity index is 1.49. The molecule has 0 aliphatic carbocycles. The fourth-order valence-electron chi connectivity index (χ4n) is 4.27. The van der Waals surface area contributed by atoms with Crippen LogP contribution in [0.25, 0.3) is 0 Å². The molecule has 0 aromatic heterocycles. The standard InChI is InChI=1S/C21H34N2O/c1-15-11-17(3)21(12-16(15)2)18(4)22-20-5-8-23(9-6-20)13-19-7-10-24-14-19/h11-12,18-20,22H,5-10,13-14H2,1-4H3/t18-,19-/m1/s1. The van der Waals surface area contributed by atoms with Crippen molar-refractivity contribution in [3.8, 4) is 0 Å². The van der Waals surface area contributed by atoms with Crippen LogP contribution in [-0.4, -0.2) is 43.8 Å². The third-order valence-corrected chi connectivity index (χ3v) is 5.96. The number of ether oxygens (including phenoxy) is 1. The first-order valence-corrected chi connectivity index (χ1v) is 9.67. The van der Waals surface area contributed by atoms with Gasteiger partial charge in [-0.1, -0.05) is 12.1 Å². The van der Waals surface area contributed by atoms with Crippen molar-refractivity contribution < 1.29 is 4.74 Å². The van der Waals surface area contributed by atoms with E-state index < -0.39 is 0 Å². The average Bonchev–Trinajstić information content (AvgIpc) is 3.05. The number of nitrogens with zero attached hydrogens (tertiary/aromatic N) is 1. The first kappa shape index (κ1) is 17.9. The summed E-state index contributed by atoms with van der Waals surface area (Å²) in [6.45, 7) is 14.6. The van der Waals surface area contributed by atoms with Crippen LogP contribution in [0.4, 0.5) is 0 Å². The second-order valence-electron chi connectivity index (χ2n) is 7.99. The predicted octanol–water partition coefficient (Wildman–Crippen LogP) is 3.76. The number of rotatable bonds is 5. The van der Waals surface area contributed by atoms with E-state index in [0.29, 0.717) is 12.1 Å². The zero-order valence-electron chi connectivity index (χ0n) is 15.9. The van der Waals surface area contributed by atoms with Gasteiger partial charge in [0.1, 0.15) is 0 Å². The van der Waals surface area contributed by atoms with E-state index in [1.807, 2.05) is 0 Å². The van der Waals surface area contributed by atoms with Crippen molar-refractivity contribution in [2.75, 3.05) is 32.8 Å². The van der Waals surface area contributed by atoms with Crippen molar-refractivity contribution in [2.24, 2.45) is 5.92 Å². The summed E-state index contributed by atoms with van der Waals surface area (Å²) in [4.78, 5) is 2.64. The largest absolute Gasteiger partial charge is 0.381 e. The fourth-order valence-corrected chi connectivity index (χ4v) is 4.27. The van der Waals surface area contributed by atoms with Crippen LogP contribution in [0.15, 0.2) is 12.1 Å². The molecule has 134 valence electrons. The molecule has 0 unspecified atom stereocenters. The van der Waals surface area contributed by atoms with Crippen LogP contribution in [0.3, 0.4) is 0 Å². The zero-order chi connectivity index (χ0) is 17.1. The molecule has 0 radical (unpaired) electrons. The Bertz CT molecular complexity index is 543. The van der Waals surface area contributed by atoms with Crippen LogP contribution >= 0.6 is 0 Å². The maximum atomic E-state index is 5.51.